The standard InChI is InChI=1S/C17H24N2O/c1-14(2)6-11-17(20)19(3)13-16-9-7-15(8-10-16)5-4-12-18/h7-10,14H,6,11-13,18H2,1-3H3. The molecule has 1 aromatic rings. The molecule has 2 N–H and O–H groups in total. The van der Waals surface area contributed by atoms with Gasteiger partial charge in [-0.25, -0.2) is 0 Å². The highest BCUT2D eigenvalue weighted by Crippen LogP contribution is 2.09. The van der Waals surface area contributed by atoms with Gasteiger partial charge < -0.3 is 10.6 Å². The molecule has 0 heterocycles. The largest absolute Gasteiger partial charge is 0.341 e. The van der Waals surface area contributed by atoms with Crippen LogP contribution in [0.25, 0.3) is 0 Å². The van der Waals surface area contributed by atoms with Crippen molar-refractivity contribution in [2.45, 2.75) is 33.2 Å². The van der Waals surface area contributed by atoms with Gasteiger partial charge in [0.2, 0.25) is 5.91 Å². The van der Waals surface area contributed by atoms with Crippen LogP contribution in [0.1, 0.15) is 37.8 Å². The number of rotatable bonds is 5. The van der Waals surface area contributed by atoms with E-state index in [9.17, 15) is 4.79 Å². The molecule has 0 fully saturated rings. The summed E-state index contributed by atoms with van der Waals surface area (Å²) in [6.45, 7) is 5.28. The molecular weight excluding hydrogens is 248 g/mol. The average Bonchev–Trinajstić information content (AvgIpc) is 2.43. The third kappa shape index (κ3) is 5.90. The van der Waals surface area contributed by atoms with Crippen molar-refractivity contribution in [3.8, 4) is 11.8 Å². The second-order valence-electron chi connectivity index (χ2n) is 5.39. The van der Waals surface area contributed by atoms with Gasteiger partial charge in [-0.1, -0.05) is 37.8 Å². The van der Waals surface area contributed by atoms with Crippen molar-refractivity contribution >= 4 is 5.91 Å². The molecule has 0 saturated heterocycles. The van der Waals surface area contributed by atoms with Crippen LogP contribution in [0, 0.1) is 17.8 Å². The normalized spacial score (nSPS) is 10.1. The SMILES string of the molecule is CC(C)CCC(=O)N(C)Cc1ccc(C#CCN)cc1. The van der Waals surface area contributed by atoms with Crippen LogP contribution in [0.5, 0.6) is 0 Å². The topological polar surface area (TPSA) is 46.3 Å². The molecule has 0 aromatic heterocycles. The lowest BCUT2D eigenvalue weighted by atomic mass is 10.1. The van der Waals surface area contributed by atoms with Crippen LogP contribution in [0.4, 0.5) is 0 Å². The smallest absolute Gasteiger partial charge is 0.222 e. The zero-order valence-corrected chi connectivity index (χ0v) is 12.6. The molecule has 108 valence electrons. The minimum atomic E-state index is 0.200. The van der Waals surface area contributed by atoms with E-state index in [1.807, 2.05) is 31.3 Å². The van der Waals surface area contributed by atoms with Crippen LogP contribution in [-0.4, -0.2) is 24.4 Å². The van der Waals surface area contributed by atoms with Crippen LogP contribution in [0.15, 0.2) is 24.3 Å². The summed E-state index contributed by atoms with van der Waals surface area (Å²) in [6, 6.07) is 7.94. The predicted octanol–water partition coefficient (Wildman–Crippen LogP) is 2.39. The number of nitrogens with two attached hydrogens (primary N) is 1. The molecule has 1 rings (SSSR count). The van der Waals surface area contributed by atoms with Gasteiger partial charge in [0.15, 0.2) is 0 Å². The molecule has 3 heteroatoms. The Morgan fingerprint density at radius 3 is 2.50 bits per heavy atom. The second kappa shape index (κ2) is 8.39. The number of carbonyl (C=O) groups excluding carboxylic acids is 1. The zero-order chi connectivity index (χ0) is 15.0. The predicted molar refractivity (Wildman–Crippen MR) is 82.9 cm³/mol. The monoisotopic (exact) mass is 272 g/mol. The van der Waals surface area contributed by atoms with Crippen molar-refractivity contribution < 1.29 is 4.79 Å². The minimum absolute atomic E-state index is 0.200. The van der Waals surface area contributed by atoms with E-state index < -0.39 is 0 Å². The quantitative estimate of drug-likeness (QED) is 0.837. The van der Waals surface area contributed by atoms with Crippen LogP contribution in [0.3, 0.4) is 0 Å². The third-order valence-electron chi connectivity index (χ3n) is 3.07. The Morgan fingerprint density at radius 2 is 1.95 bits per heavy atom. The number of hydrogen-bond donors (Lipinski definition) is 1. The molecule has 20 heavy (non-hydrogen) atoms. The lowest BCUT2D eigenvalue weighted by Gasteiger charge is -2.18. The van der Waals surface area contributed by atoms with Gasteiger partial charge in [0, 0.05) is 25.6 Å². The van der Waals surface area contributed by atoms with Gasteiger partial charge in [-0.15, -0.1) is 0 Å². The number of carbonyl (C=O) groups is 1. The van der Waals surface area contributed by atoms with E-state index in [0.717, 1.165) is 17.5 Å². The van der Waals surface area contributed by atoms with Gasteiger partial charge in [-0.3, -0.25) is 4.79 Å². The summed E-state index contributed by atoms with van der Waals surface area (Å²) in [7, 11) is 1.85. The maximum Gasteiger partial charge on any atom is 0.222 e. The lowest BCUT2D eigenvalue weighted by molar-refractivity contribution is -0.130. The summed E-state index contributed by atoms with van der Waals surface area (Å²) in [4.78, 5) is 13.7. The Bertz CT molecular complexity index is 480. The summed E-state index contributed by atoms with van der Waals surface area (Å²) in [6.07, 6.45) is 1.56. The molecule has 0 saturated carbocycles. The van der Waals surface area contributed by atoms with E-state index in [4.69, 9.17) is 5.73 Å². The maximum atomic E-state index is 11.9. The number of benzene rings is 1. The fourth-order valence-corrected chi connectivity index (χ4v) is 1.81. The van der Waals surface area contributed by atoms with E-state index >= 15 is 0 Å². The summed E-state index contributed by atoms with van der Waals surface area (Å²) >= 11 is 0. The maximum absolute atomic E-state index is 11.9. The first kappa shape index (κ1) is 16.3. The molecule has 3 nitrogen and oxygen atoms in total. The van der Waals surface area contributed by atoms with Crippen LogP contribution in [0.2, 0.25) is 0 Å². The van der Waals surface area contributed by atoms with Crippen molar-refractivity contribution in [1.29, 1.82) is 0 Å². The molecule has 0 unspecified atom stereocenters. The summed E-state index contributed by atoms with van der Waals surface area (Å²) in [5, 5.41) is 0. The first-order valence-electron chi connectivity index (χ1n) is 7.04. The average molecular weight is 272 g/mol. The fourth-order valence-electron chi connectivity index (χ4n) is 1.81. The Kier molecular flexibility index (Phi) is 6.83. The third-order valence-corrected chi connectivity index (χ3v) is 3.07. The van der Waals surface area contributed by atoms with Crippen molar-refractivity contribution in [2.24, 2.45) is 11.7 Å². The van der Waals surface area contributed by atoms with Gasteiger partial charge >= 0.3 is 0 Å². The molecule has 0 spiro atoms. The van der Waals surface area contributed by atoms with Crippen molar-refractivity contribution in [3.63, 3.8) is 0 Å². The van der Waals surface area contributed by atoms with Crippen molar-refractivity contribution in [3.05, 3.63) is 35.4 Å². The molecule has 1 aromatic carbocycles. The minimum Gasteiger partial charge on any atom is -0.341 e. The number of hydrogen-bond acceptors (Lipinski definition) is 2. The van der Waals surface area contributed by atoms with Gasteiger partial charge in [-0.05, 0) is 30.0 Å². The lowest BCUT2D eigenvalue weighted by Crippen LogP contribution is -2.26. The van der Waals surface area contributed by atoms with Crippen LogP contribution < -0.4 is 5.73 Å². The Balaban J connectivity index is 2.53. The van der Waals surface area contributed by atoms with Crippen molar-refractivity contribution in [1.82, 2.24) is 4.90 Å². The fraction of sp³-hybridized carbons (Fsp3) is 0.471. The molecule has 0 bridgehead atoms. The van der Waals surface area contributed by atoms with E-state index in [-0.39, 0.29) is 5.91 Å². The second-order valence-corrected chi connectivity index (χ2v) is 5.39. The molecule has 1 amide bonds. The van der Waals surface area contributed by atoms with Gasteiger partial charge in [0.25, 0.3) is 0 Å². The van der Waals surface area contributed by atoms with E-state index in [1.165, 1.54) is 0 Å². The highest BCUT2D eigenvalue weighted by Gasteiger charge is 2.09. The molecular formula is C17H24N2O. The molecule has 0 aliphatic carbocycles. The summed E-state index contributed by atoms with van der Waals surface area (Å²) in [5.41, 5.74) is 7.40. The van der Waals surface area contributed by atoms with E-state index in [2.05, 4.69) is 25.7 Å². The van der Waals surface area contributed by atoms with E-state index in [0.29, 0.717) is 25.4 Å². The molecule has 0 aliphatic heterocycles. The van der Waals surface area contributed by atoms with Gasteiger partial charge in [0.1, 0.15) is 0 Å². The summed E-state index contributed by atoms with van der Waals surface area (Å²) < 4.78 is 0. The number of amides is 1. The Labute approximate surface area is 122 Å². The highest BCUT2D eigenvalue weighted by molar-refractivity contribution is 5.75. The first-order chi connectivity index (χ1) is 9.52. The van der Waals surface area contributed by atoms with E-state index in [1.54, 1.807) is 4.90 Å². The van der Waals surface area contributed by atoms with Crippen LogP contribution in [-0.2, 0) is 11.3 Å². The molecule has 0 aliphatic rings. The Hall–Kier alpha value is -1.79. The van der Waals surface area contributed by atoms with Gasteiger partial charge in [0.05, 0.1) is 6.54 Å². The summed E-state index contributed by atoms with van der Waals surface area (Å²) in [5.74, 6) is 6.57. The number of nitrogens with zero attached hydrogens (tertiary/aromatic N) is 1. The van der Waals surface area contributed by atoms with Crippen molar-refractivity contribution in [2.75, 3.05) is 13.6 Å². The van der Waals surface area contributed by atoms with Crippen LogP contribution >= 0.6 is 0 Å². The highest BCUT2D eigenvalue weighted by atomic mass is 16.2. The first-order valence-corrected chi connectivity index (χ1v) is 7.04. The molecule has 0 atom stereocenters. The zero-order valence-electron chi connectivity index (χ0n) is 12.6. The van der Waals surface area contributed by atoms with Gasteiger partial charge in [-0.2, -0.15) is 0 Å². The Morgan fingerprint density at radius 1 is 1.30 bits per heavy atom. The molecule has 0 radical (unpaired) electrons.